The van der Waals surface area contributed by atoms with E-state index in [1.165, 1.54) is 0 Å². The van der Waals surface area contributed by atoms with Gasteiger partial charge in [-0.15, -0.1) is 0 Å². The third-order valence-electron chi connectivity index (χ3n) is 11.7. The second-order valence-electron chi connectivity index (χ2n) is 16.1. The summed E-state index contributed by atoms with van der Waals surface area (Å²) in [4.78, 5) is 25.7. The Morgan fingerprint density at radius 3 is 0.848 bits per heavy atom. The molecule has 0 spiro atoms. The maximum atomic E-state index is 5.24. The molecule has 310 valence electrons. The first-order chi connectivity index (χ1) is 32.7. The summed E-state index contributed by atoms with van der Waals surface area (Å²) in [7, 11) is 0. The monoisotopic (exact) mass is 843 g/mol. The lowest BCUT2D eigenvalue weighted by Crippen LogP contribution is -2.00. The molecule has 0 saturated carbocycles. The van der Waals surface area contributed by atoms with Crippen LogP contribution < -0.4 is 0 Å². The molecule has 0 fully saturated rings. The molecule has 0 aliphatic rings. The van der Waals surface area contributed by atoms with Gasteiger partial charge >= 0.3 is 0 Å². The summed E-state index contributed by atoms with van der Waals surface area (Å²) >= 11 is 0. The first-order valence-corrected chi connectivity index (χ1v) is 22.1. The summed E-state index contributed by atoms with van der Waals surface area (Å²) in [5.41, 5.74) is 16.2. The number of aromatic nitrogens is 5. The highest BCUT2D eigenvalue weighted by molar-refractivity contribution is 5.83. The number of nitrogens with zero attached hydrogens (tertiary/aromatic N) is 5. The van der Waals surface area contributed by atoms with Gasteiger partial charge in [0.25, 0.3) is 0 Å². The molecule has 0 aliphatic carbocycles. The van der Waals surface area contributed by atoms with Crippen molar-refractivity contribution < 1.29 is 0 Å². The van der Waals surface area contributed by atoms with Crippen molar-refractivity contribution in [2.45, 2.75) is 0 Å². The summed E-state index contributed by atoms with van der Waals surface area (Å²) in [6.45, 7) is 0. The van der Waals surface area contributed by atoms with E-state index in [-0.39, 0.29) is 0 Å². The third-order valence-corrected chi connectivity index (χ3v) is 11.7. The fraction of sp³-hybridized carbons (Fsp3) is 0. The minimum atomic E-state index is 0.600. The Hall–Kier alpha value is -8.93. The predicted molar refractivity (Wildman–Crippen MR) is 270 cm³/mol. The van der Waals surface area contributed by atoms with Crippen LogP contribution in [0, 0.1) is 0 Å². The van der Waals surface area contributed by atoms with Crippen LogP contribution in [0.3, 0.4) is 0 Å². The van der Waals surface area contributed by atoms with Crippen LogP contribution in [0.4, 0.5) is 0 Å². The maximum Gasteiger partial charge on any atom is 0.164 e. The van der Waals surface area contributed by atoms with E-state index in [1.54, 1.807) is 0 Å². The lowest BCUT2D eigenvalue weighted by Gasteiger charge is -2.14. The Labute approximate surface area is 384 Å². The highest BCUT2D eigenvalue weighted by Gasteiger charge is 2.17. The van der Waals surface area contributed by atoms with E-state index < -0.39 is 0 Å². The van der Waals surface area contributed by atoms with Crippen molar-refractivity contribution in [2.24, 2.45) is 0 Å². The highest BCUT2D eigenvalue weighted by atomic mass is 15.0. The van der Waals surface area contributed by atoms with Crippen LogP contribution in [0.15, 0.2) is 249 Å². The quantitative estimate of drug-likeness (QED) is 0.137. The fourth-order valence-corrected chi connectivity index (χ4v) is 8.34. The van der Waals surface area contributed by atoms with E-state index in [2.05, 4.69) is 194 Å². The van der Waals surface area contributed by atoms with Crippen LogP contribution in [0.1, 0.15) is 0 Å². The van der Waals surface area contributed by atoms with Gasteiger partial charge in [0.1, 0.15) is 0 Å². The number of hydrogen-bond donors (Lipinski definition) is 0. The minimum absolute atomic E-state index is 0.600. The molecule has 11 rings (SSSR count). The van der Waals surface area contributed by atoms with Gasteiger partial charge in [0.05, 0.1) is 11.4 Å². The smallest absolute Gasteiger partial charge is 0.164 e. The Kier molecular flexibility index (Phi) is 10.9. The Morgan fingerprint density at radius 2 is 0.409 bits per heavy atom. The van der Waals surface area contributed by atoms with E-state index in [0.717, 1.165) is 89.3 Å². The van der Waals surface area contributed by atoms with Crippen LogP contribution in [-0.2, 0) is 0 Å². The molecule has 0 amide bonds. The van der Waals surface area contributed by atoms with Crippen molar-refractivity contribution in [3.63, 3.8) is 0 Å². The SMILES string of the molecule is c1ccc(-c2cc(-c3ccccc3)cc(-c3cc(-c4cccc(-c5cccc(-c6nc(-c7ccccc7)nc(-c7cccc(-c8ccccc8)c7)n6)c5)c4)nc(-c4ccccc4)n3)c2)cc1. The van der Waals surface area contributed by atoms with Gasteiger partial charge in [-0.25, -0.2) is 24.9 Å². The average molecular weight is 844 g/mol. The zero-order chi connectivity index (χ0) is 44.1. The Bertz CT molecular complexity index is 3390. The van der Waals surface area contributed by atoms with Gasteiger partial charge < -0.3 is 0 Å². The number of rotatable bonds is 10. The topological polar surface area (TPSA) is 64.5 Å². The van der Waals surface area contributed by atoms with Crippen LogP contribution in [0.25, 0.3) is 113 Å². The Balaban J connectivity index is 1.00. The van der Waals surface area contributed by atoms with Crippen LogP contribution in [0.5, 0.6) is 0 Å². The normalized spacial score (nSPS) is 11.0. The first kappa shape index (κ1) is 39.9. The molecule has 66 heavy (non-hydrogen) atoms. The van der Waals surface area contributed by atoms with Crippen LogP contribution in [-0.4, -0.2) is 24.9 Å². The second-order valence-corrected chi connectivity index (χ2v) is 16.1. The molecule has 0 bridgehead atoms. The van der Waals surface area contributed by atoms with Crippen molar-refractivity contribution in [3.05, 3.63) is 249 Å². The van der Waals surface area contributed by atoms with Crippen LogP contribution >= 0.6 is 0 Å². The van der Waals surface area contributed by atoms with E-state index in [4.69, 9.17) is 24.9 Å². The predicted octanol–water partition coefficient (Wildman–Crippen LogP) is 15.3. The molecule has 5 heteroatoms. The molecule has 0 aliphatic heterocycles. The molecular weight excluding hydrogens is 803 g/mol. The van der Waals surface area contributed by atoms with E-state index in [1.807, 2.05) is 54.6 Å². The summed E-state index contributed by atoms with van der Waals surface area (Å²) in [6, 6.07) is 86.0. The average Bonchev–Trinajstić information content (AvgIpc) is 3.42. The number of hydrogen-bond acceptors (Lipinski definition) is 5. The number of benzene rings is 9. The molecule has 0 atom stereocenters. The lowest BCUT2D eigenvalue weighted by atomic mass is 9.94. The van der Waals surface area contributed by atoms with Gasteiger partial charge in [-0.05, 0) is 87.0 Å². The maximum absolute atomic E-state index is 5.24. The van der Waals surface area contributed by atoms with Crippen molar-refractivity contribution in [1.29, 1.82) is 0 Å². The standard InChI is InChI=1S/C61H41N5/c1-6-19-42(20-7-1)47-29-17-33-51(36-47)60-64-59(46-27-14-5-15-28-46)65-61(66-60)52-34-18-31-49(37-52)48-30-16-32-50(35-48)56-41-57(63-58(62-56)45-25-12-4-13-26-45)55-39-53(43-21-8-2-9-22-43)38-54(40-55)44-23-10-3-11-24-44/h1-41H. The van der Waals surface area contributed by atoms with E-state index in [0.29, 0.717) is 23.3 Å². The second kappa shape index (κ2) is 18.0. The zero-order valence-corrected chi connectivity index (χ0v) is 35.9. The molecule has 11 aromatic rings. The lowest BCUT2D eigenvalue weighted by molar-refractivity contribution is 1.07. The highest BCUT2D eigenvalue weighted by Crippen LogP contribution is 2.36. The van der Waals surface area contributed by atoms with Gasteiger partial charge in [0.2, 0.25) is 0 Å². The summed E-state index contributed by atoms with van der Waals surface area (Å²) in [5.74, 6) is 2.49. The molecular formula is C61H41N5. The largest absolute Gasteiger partial charge is 0.228 e. The molecule has 0 unspecified atom stereocenters. The summed E-state index contributed by atoms with van der Waals surface area (Å²) in [6.07, 6.45) is 0. The first-order valence-electron chi connectivity index (χ1n) is 22.1. The van der Waals surface area contributed by atoms with Gasteiger partial charge in [-0.1, -0.05) is 206 Å². The summed E-state index contributed by atoms with van der Waals surface area (Å²) in [5, 5.41) is 0. The Morgan fingerprint density at radius 1 is 0.152 bits per heavy atom. The van der Waals surface area contributed by atoms with Crippen molar-refractivity contribution in [3.8, 4) is 113 Å². The molecule has 0 N–H and O–H groups in total. The van der Waals surface area contributed by atoms with Gasteiger partial charge in [0.15, 0.2) is 23.3 Å². The van der Waals surface area contributed by atoms with Gasteiger partial charge in [-0.3, -0.25) is 0 Å². The van der Waals surface area contributed by atoms with E-state index in [9.17, 15) is 0 Å². The molecule has 0 radical (unpaired) electrons. The summed E-state index contributed by atoms with van der Waals surface area (Å²) < 4.78 is 0. The zero-order valence-electron chi connectivity index (χ0n) is 35.9. The van der Waals surface area contributed by atoms with E-state index >= 15 is 0 Å². The van der Waals surface area contributed by atoms with Crippen molar-refractivity contribution >= 4 is 0 Å². The molecule has 2 heterocycles. The van der Waals surface area contributed by atoms with Crippen LogP contribution in [0.2, 0.25) is 0 Å². The molecule has 9 aromatic carbocycles. The third kappa shape index (κ3) is 8.57. The minimum Gasteiger partial charge on any atom is -0.228 e. The molecule has 2 aromatic heterocycles. The van der Waals surface area contributed by atoms with Crippen molar-refractivity contribution in [2.75, 3.05) is 0 Å². The van der Waals surface area contributed by atoms with Crippen molar-refractivity contribution in [1.82, 2.24) is 24.9 Å². The van der Waals surface area contributed by atoms with Gasteiger partial charge in [0, 0.05) is 33.4 Å². The fourth-order valence-electron chi connectivity index (χ4n) is 8.34. The van der Waals surface area contributed by atoms with Gasteiger partial charge in [-0.2, -0.15) is 0 Å². The molecule has 0 saturated heterocycles. The molecule has 5 nitrogen and oxygen atoms in total.